The molecule has 21 heavy (non-hydrogen) atoms. The van der Waals surface area contributed by atoms with Crippen molar-refractivity contribution < 1.29 is 0 Å². The van der Waals surface area contributed by atoms with Gasteiger partial charge in [-0.15, -0.1) is 0 Å². The number of nitrogens with two attached hydrogens (primary N) is 1. The zero-order valence-corrected chi connectivity index (χ0v) is 12.9. The van der Waals surface area contributed by atoms with E-state index in [2.05, 4.69) is 41.2 Å². The molecular formula is C12H9BrClN7. The number of nitrogens with one attached hydrogen (secondary N) is 1. The summed E-state index contributed by atoms with van der Waals surface area (Å²) in [5, 5.41) is 3.67. The van der Waals surface area contributed by atoms with Crippen LogP contribution in [0.3, 0.4) is 0 Å². The van der Waals surface area contributed by atoms with E-state index in [4.69, 9.17) is 17.3 Å². The Labute approximate surface area is 133 Å². The van der Waals surface area contributed by atoms with E-state index in [1.807, 2.05) is 12.1 Å². The summed E-state index contributed by atoms with van der Waals surface area (Å²) in [6, 6.07) is 5.39. The van der Waals surface area contributed by atoms with Crippen LogP contribution < -0.4 is 11.1 Å². The lowest BCUT2D eigenvalue weighted by atomic mass is 10.3. The molecule has 0 saturated heterocycles. The zero-order chi connectivity index (χ0) is 14.8. The first-order chi connectivity index (χ1) is 10.1. The maximum Gasteiger partial charge on any atom is 0.241 e. The molecule has 0 aliphatic rings. The SMILES string of the molecule is Nc1nc(Nc2ccc(Cl)c(Br)c2)nc(-n2ccnc2)n1. The molecule has 0 saturated carbocycles. The van der Waals surface area contributed by atoms with Gasteiger partial charge in [-0.3, -0.25) is 4.57 Å². The highest BCUT2D eigenvalue weighted by Crippen LogP contribution is 2.26. The highest BCUT2D eigenvalue weighted by Gasteiger charge is 2.07. The summed E-state index contributed by atoms with van der Waals surface area (Å²) < 4.78 is 2.41. The standard InChI is InChI=1S/C12H9BrClN7/c13-8-5-7(1-2-9(8)14)17-11-18-10(15)19-12(20-11)21-4-3-16-6-21/h1-6H,(H3,15,17,18,19,20). The summed E-state index contributed by atoms with van der Waals surface area (Å²) in [6.07, 6.45) is 4.93. The van der Waals surface area contributed by atoms with Crippen LogP contribution in [-0.4, -0.2) is 24.5 Å². The van der Waals surface area contributed by atoms with Crippen LogP contribution in [-0.2, 0) is 0 Å². The van der Waals surface area contributed by atoms with Crippen LogP contribution in [0.25, 0.3) is 5.95 Å². The lowest BCUT2D eigenvalue weighted by molar-refractivity contribution is 0.906. The van der Waals surface area contributed by atoms with Gasteiger partial charge in [0, 0.05) is 22.6 Å². The Hall–Kier alpha value is -2.19. The van der Waals surface area contributed by atoms with Gasteiger partial charge in [-0.1, -0.05) is 11.6 Å². The van der Waals surface area contributed by atoms with Gasteiger partial charge in [0.05, 0.1) is 5.02 Å². The minimum atomic E-state index is 0.115. The average molecular weight is 367 g/mol. The molecular weight excluding hydrogens is 358 g/mol. The van der Waals surface area contributed by atoms with Gasteiger partial charge in [0.2, 0.25) is 17.8 Å². The van der Waals surface area contributed by atoms with Gasteiger partial charge in [0.15, 0.2) is 0 Å². The number of nitrogens with zero attached hydrogens (tertiary/aromatic N) is 5. The van der Waals surface area contributed by atoms with Gasteiger partial charge in [-0.2, -0.15) is 15.0 Å². The molecule has 1 aromatic carbocycles. The van der Waals surface area contributed by atoms with Crippen LogP contribution in [0, 0.1) is 0 Å². The average Bonchev–Trinajstić information content (AvgIpc) is 2.96. The number of hydrogen-bond acceptors (Lipinski definition) is 6. The number of hydrogen-bond donors (Lipinski definition) is 2. The molecule has 0 fully saturated rings. The number of nitrogen functional groups attached to an aromatic ring is 1. The largest absolute Gasteiger partial charge is 0.368 e. The van der Waals surface area contributed by atoms with Crippen LogP contribution in [0.4, 0.5) is 17.6 Å². The first-order valence-corrected chi connectivity index (χ1v) is 7.01. The topological polar surface area (TPSA) is 94.5 Å². The third-order valence-electron chi connectivity index (χ3n) is 2.55. The maximum absolute atomic E-state index is 5.96. The third-order valence-corrected chi connectivity index (χ3v) is 3.77. The molecule has 9 heteroatoms. The van der Waals surface area contributed by atoms with Gasteiger partial charge < -0.3 is 11.1 Å². The second-order valence-corrected chi connectivity index (χ2v) is 5.30. The van der Waals surface area contributed by atoms with E-state index in [0.717, 1.165) is 10.2 Å². The third kappa shape index (κ3) is 3.11. The molecule has 0 atom stereocenters. The van der Waals surface area contributed by atoms with Gasteiger partial charge in [-0.25, -0.2) is 4.98 Å². The minimum absolute atomic E-state index is 0.115. The normalized spacial score (nSPS) is 10.6. The van der Waals surface area contributed by atoms with Crippen molar-refractivity contribution in [3.05, 3.63) is 46.4 Å². The molecule has 0 radical (unpaired) electrons. The molecule has 0 aliphatic heterocycles. The molecule has 0 amide bonds. The summed E-state index contributed by atoms with van der Waals surface area (Å²) >= 11 is 9.31. The number of halogens is 2. The van der Waals surface area contributed by atoms with Gasteiger partial charge in [0.25, 0.3) is 0 Å². The number of benzene rings is 1. The van der Waals surface area contributed by atoms with Crippen molar-refractivity contribution in [3.63, 3.8) is 0 Å². The number of anilines is 3. The Balaban J connectivity index is 1.93. The minimum Gasteiger partial charge on any atom is -0.368 e. The summed E-state index contributed by atoms with van der Waals surface area (Å²) in [5.74, 6) is 0.834. The predicted molar refractivity (Wildman–Crippen MR) is 83.8 cm³/mol. The fourth-order valence-electron chi connectivity index (χ4n) is 1.63. The Bertz CT molecular complexity index is 775. The van der Waals surface area contributed by atoms with Crippen molar-refractivity contribution in [2.24, 2.45) is 0 Å². The van der Waals surface area contributed by atoms with E-state index in [9.17, 15) is 0 Å². The first-order valence-electron chi connectivity index (χ1n) is 5.84. The van der Waals surface area contributed by atoms with Crippen molar-refractivity contribution in [1.82, 2.24) is 24.5 Å². The number of aromatic nitrogens is 5. The van der Waals surface area contributed by atoms with Crippen LogP contribution in [0.5, 0.6) is 0 Å². The van der Waals surface area contributed by atoms with Crippen molar-refractivity contribution in [2.75, 3.05) is 11.1 Å². The quantitative estimate of drug-likeness (QED) is 0.740. The van der Waals surface area contributed by atoms with E-state index < -0.39 is 0 Å². The van der Waals surface area contributed by atoms with Crippen molar-refractivity contribution in [2.45, 2.75) is 0 Å². The van der Waals surface area contributed by atoms with E-state index >= 15 is 0 Å². The van der Waals surface area contributed by atoms with Crippen LogP contribution >= 0.6 is 27.5 Å². The summed E-state index contributed by atoms with van der Waals surface area (Å²) in [4.78, 5) is 16.3. The van der Waals surface area contributed by atoms with Gasteiger partial charge in [-0.05, 0) is 34.1 Å². The first kappa shape index (κ1) is 13.8. The summed E-state index contributed by atoms with van der Waals surface area (Å²) in [5.41, 5.74) is 6.48. The van der Waals surface area contributed by atoms with Crippen molar-refractivity contribution in [1.29, 1.82) is 0 Å². The molecule has 0 unspecified atom stereocenters. The van der Waals surface area contributed by atoms with Crippen molar-refractivity contribution >= 4 is 45.1 Å². The molecule has 2 heterocycles. The molecule has 0 spiro atoms. The number of rotatable bonds is 3. The lowest BCUT2D eigenvalue weighted by Gasteiger charge is -2.08. The Kier molecular flexibility index (Phi) is 3.72. The fraction of sp³-hybridized carbons (Fsp3) is 0. The van der Waals surface area contributed by atoms with E-state index in [-0.39, 0.29) is 5.95 Å². The van der Waals surface area contributed by atoms with Crippen molar-refractivity contribution in [3.8, 4) is 5.95 Å². The van der Waals surface area contributed by atoms with Gasteiger partial charge in [0.1, 0.15) is 6.33 Å². The lowest BCUT2D eigenvalue weighted by Crippen LogP contribution is -2.08. The number of imidazole rings is 1. The molecule has 3 rings (SSSR count). The monoisotopic (exact) mass is 365 g/mol. The molecule has 3 N–H and O–H groups in total. The Morgan fingerprint density at radius 3 is 2.81 bits per heavy atom. The van der Waals surface area contributed by atoms with Crippen LogP contribution in [0.15, 0.2) is 41.4 Å². The van der Waals surface area contributed by atoms with Crippen LogP contribution in [0.2, 0.25) is 5.02 Å². The summed E-state index contributed by atoms with van der Waals surface area (Å²) in [7, 11) is 0. The molecule has 0 bridgehead atoms. The van der Waals surface area contributed by atoms with E-state index in [1.165, 1.54) is 0 Å². The van der Waals surface area contributed by atoms with E-state index in [0.29, 0.717) is 16.9 Å². The molecule has 3 aromatic rings. The van der Waals surface area contributed by atoms with Gasteiger partial charge >= 0.3 is 0 Å². The highest BCUT2D eigenvalue weighted by atomic mass is 79.9. The fourth-order valence-corrected chi connectivity index (χ4v) is 2.13. The predicted octanol–water partition coefficient (Wildman–Crippen LogP) is 2.80. The summed E-state index contributed by atoms with van der Waals surface area (Å²) in [6.45, 7) is 0. The molecule has 2 aromatic heterocycles. The Morgan fingerprint density at radius 2 is 2.10 bits per heavy atom. The zero-order valence-electron chi connectivity index (χ0n) is 10.5. The molecule has 106 valence electrons. The molecule has 7 nitrogen and oxygen atoms in total. The van der Waals surface area contributed by atoms with Crippen LogP contribution in [0.1, 0.15) is 0 Å². The Morgan fingerprint density at radius 1 is 1.24 bits per heavy atom. The smallest absolute Gasteiger partial charge is 0.241 e. The molecule has 0 aliphatic carbocycles. The van der Waals surface area contributed by atoms with E-state index in [1.54, 1.807) is 29.4 Å². The maximum atomic E-state index is 5.96. The highest BCUT2D eigenvalue weighted by molar-refractivity contribution is 9.10. The second kappa shape index (κ2) is 5.66. The second-order valence-electron chi connectivity index (χ2n) is 4.04.